The zero-order valence-corrected chi connectivity index (χ0v) is 11.4. The Morgan fingerprint density at radius 2 is 1.95 bits per heavy atom. The van der Waals surface area contributed by atoms with Crippen LogP contribution in [0.2, 0.25) is 0 Å². The Kier molecular flexibility index (Phi) is 4.75. The van der Waals surface area contributed by atoms with E-state index < -0.39 is 11.5 Å². The van der Waals surface area contributed by atoms with Gasteiger partial charge in [-0.2, -0.15) is 0 Å². The number of aromatic nitrogens is 1. The summed E-state index contributed by atoms with van der Waals surface area (Å²) in [6.07, 6.45) is 4.19. The van der Waals surface area contributed by atoms with Gasteiger partial charge in [-0.15, -0.1) is 12.4 Å². The standard InChI is InChI=1S/C14H16N2O2.ClH/c1-14(15,13(17)18)10-11-5-4-6-12(9-11)16-7-2-3-8-16;/h2-9H,10,15H2,1H3,(H,17,18);1H/t14-;/m0./s1. The Morgan fingerprint density at radius 3 is 2.53 bits per heavy atom. The second-order valence-corrected chi connectivity index (χ2v) is 4.66. The summed E-state index contributed by atoms with van der Waals surface area (Å²) in [7, 11) is 0. The lowest BCUT2D eigenvalue weighted by Gasteiger charge is -2.19. The van der Waals surface area contributed by atoms with Gasteiger partial charge in [0.25, 0.3) is 0 Å². The molecule has 1 aromatic heterocycles. The minimum absolute atomic E-state index is 0. The second kappa shape index (κ2) is 5.91. The van der Waals surface area contributed by atoms with Crippen LogP contribution in [0, 0.1) is 0 Å². The highest BCUT2D eigenvalue weighted by atomic mass is 35.5. The van der Waals surface area contributed by atoms with Gasteiger partial charge in [0.1, 0.15) is 5.54 Å². The number of hydrogen-bond acceptors (Lipinski definition) is 2. The van der Waals surface area contributed by atoms with Gasteiger partial charge >= 0.3 is 5.97 Å². The van der Waals surface area contributed by atoms with Gasteiger partial charge in [-0.25, -0.2) is 0 Å². The highest BCUT2D eigenvalue weighted by Crippen LogP contribution is 2.15. The predicted octanol–water partition coefficient (Wildman–Crippen LogP) is 2.24. The Labute approximate surface area is 118 Å². The zero-order valence-electron chi connectivity index (χ0n) is 10.6. The van der Waals surface area contributed by atoms with Crippen LogP contribution in [0.3, 0.4) is 0 Å². The Balaban J connectivity index is 0.00000180. The Bertz CT molecular complexity index is 550. The summed E-state index contributed by atoms with van der Waals surface area (Å²) in [5, 5.41) is 9.03. The number of rotatable bonds is 4. The van der Waals surface area contributed by atoms with E-state index in [1.54, 1.807) is 0 Å². The van der Waals surface area contributed by atoms with E-state index in [1.807, 2.05) is 53.4 Å². The van der Waals surface area contributed by atoms with Crippen molar-refractivity contribution in [1.29, 1.82) is 0 Å². The molecule has 0 saturated heterocycles. The first-order valence-electron chi connectivity index (χ1n) is 5.73. The molecule has 0 fully saturated rings. The summed E-state index contributed by atoms with van der Waals surface area (Å²) in [4.78, 5) is 11.0. The number of hydrogen-bond donors (Lipinski definition) is 2. The monoisotopic (exact) mass is 280 g/mol. The fourth-order valence-electron chi connectivity index (χ4n) is 1.83. The molecule has 1 heterocycles. The molecule has 0 spiro atoms. The Morgan fingerprint density at radius 1 is 1.32 bits per heavy atom. The Hall–Kier alpha value is -1.78. The maximum absolute atomic E-state index is 11.0. The van der Waals surface area contributed by atoms with Crippen LogP contribution < -0.4 is 5.73 Å². The average Bonchev–Trinajstić information content (AvgIpc) is 2.82. The van der Waals surface area contributed by atoms with Crippen molar-refractivity contribution in [2.45, 2.75) is 18.9 Å². The second-order valence-electron chi connectivity index (χ2n) is 4.66. The number of aliphatic carboxylic acids is 1. The van der Waals surface area contributed by atoms with Crippen molar-refractivity contribution < 1.29 is 9.90 Å². The van der Waals surface area contributed by atoms with Crippen LogP contribution in [0.25, 0.3) is 5.69 Å². The van der Waals surface area contributed by atoms with Crippen molar-refractivity contribution >= 4 is 18.4 Å². The maximum Gasteiger partial charge on any atom is 0.323 e. The number of nitrogens with two attached hydrogens (primary N) is 1. The van der Waals surface area contributed by atoms with Crippen LogP contribution >= 0.6 is 12.4 Å². The van der Waals surface area contributed by atoms with Crippen LogP contribution in [0.1, 0.15) is 12.5 Å². The van der Waals surface area contributed by atoms with Crippen LogP contribution in [-0.4, -0.2) is 21.2 Å². The van der Waals surface area contributed by atoms with E-state index in [0.717, 1.165) is 11.3 Å². The first-order chi connectivity index (χ1) is 8.49. The van der Waals surface area contributed by atoms with Crippen LogP contribution in [0.4, 0.5) is 0 Å². The summed E-state index contributed by atoms with van der Waals surface area (Å²) >= 11 is 0. The first-order valence-corrected chi connectivity index (χ1v) is 5.73. The molecule has 0 aliphatic rings. The predicted molar refractivity (Wildman–Crippen MR) is 76.9 cm³/mol. The fourth-order valence-corrected chi connectivity index (χ4v) is 1.83. The molecule has 1 aromatic carbocycles. The van der Waals surface area contributed by atoms with Crippen molar-refractivity contribution in [1.82, 2.24) is 4.57 Å². The van der Waals surface area contributed by atoms with Gasteiger partial charge < -0.3 is 15.4 Å². The van der Waals surface area contributed by atoms with E-state index in [9.17, 15) is 4.79 Å². The SMILES string of the molecule is C[C@](N)(Cc1cccc(-n2cccc2)c1)C(=O)O.Cl. The van der Waals surface area contributed by atoms with Gasteiger partial charge in [0.2, 0.25) is 0 Å². The molecule has 0 saturated carbocycles. The smallest absolute Gasteiger partial charge is 0.323 e. The van der Waals surface area contributed by atoms with E-state index >= 15 is 0 Å². The number of carboxylic acids is 1. The van der Waals surface area contributed by atoms with Gasteiger partial charge in [0.15, 0.2) is 0 Å². The summed E-state index contributed by atoms with van der Waals surface area (Å²) in [5.41, 5.74) is 6.42. The molecule has 0 radical (unpaired) electrons. The molecule has 5 heteroatoms. The van der Waals surface area contributed by atoms with Crippen LogP contribution in [-0.2, 0) is 11.2 Å². The van der Waals surface area contributed by atoms with Gasteiger partial charge in [-0.05, 0) is 36.8 Å². The fraction of sp³-hybridized carbons (Fsp3) is 0.214. The molecule has 0 unspecified atom stereocenters. The summed E-state index contributed by atoms with van der Waals surface area (Å²) in [6.45, 7) is 1.53. The zero-order chi connectivity index (χ0) is 13.2. The van der Waals surface area contributed by atoms with Crippen molar-refractivity contribution in [3.8, 4) is 5.69 Å². The van der Waals surface area contributed by atoms with Gasteiger partial charge in [-0.1, -0.05) is 12.1 Å². The number of benzene rings is 1. The molecule has 1 atom stereocenters. The van der Waals surface area contributed by atoms with E-state index in [-0.39, 0.29) is 12.4 Å². The molecule has 19 heavy (non-hydrogen) atoms. The molecular formula is C14H17ClN2O2. The van der Waals surface area contributed by atoms with Crippen molar-refractivity contribution in [2.24, 2.45) is 5.73 Å². The summed E-state index contributed by atoms with van der Waals surface area (Å²) in [6, 6.07) is 11.6. The number of halogens is 1. The molecule has 2 rings (SSSR count). The normalized spacial score (nSPS) is 13.4. The van der Waals surface area contributed by atoms with Gasteiger partial charge in [0, 0.05) is 24.5 Å². The number of nitrogens with zero attached hydrogens (tertiary/aromatic N) is 1. The largest absolute Gasteiger partial charge is 0.480 e. The molecule has 4 nitrogen and oxygen atoms in total. The van der Waals surface area contributed by atoms with E-state index in [4.69, 9.17) is 10.8 Å². The maximum atomic E-state index is 11.0. The highest BCUT2D eigenvalue weighted by molar-refractivity contribution is 5.85. The average molecular weight is 281 g/mol. The van der Waals surface area contributed by atoms with Gasteiger partial charge in [0.05, 0.1) is 0 Å². The lowest BCUT2D eigenvalue weighted by atomic mass is 9.94. The molecule has 0 aliphatic carbocycles. The minimum Gasteiger partial charge on any atom is -0.480 e. The summed E-state index contributed by atoms with van der Waals surface area (Å²) < 4.78 is 1.97. The van der Waals surface area contributed by atoms with E-state index in [0.29, 0.717) is 6.42 Å². The first kappa shape index (κ1) is 15.3. The van der Waals surface area contributed by atoms with Crippen molar-refractivity contribution in [2.75, 3.05) is 0 Å². The quantitative estimate of drug-likeness (QED) is 0.902. The summed E-state index contributed by atoms with van der Waals surface area (Å²) in [5.74, 6) is -0.992. The number of carbonyl (C=O) groups is 1. The molecule has 0 amide bonds. The van der Waals surface area contributed by atoms with Crippen molar-refractivity contribution in [3.05, 3.63) is 54.4 Å². The third-order valence-corrected chi connectivity index (χ3v) is 2.87. The molecular weight excluding hydrogens is 264 g/mol. The van der Waals surface area contributed by atoms with E-state index in [2.05, 4.69) is 0 Å². The van der Waals surface area contributed by atoms with E-state index in [1.165, 1.54) is 6.92 Å². The highest BCUT2D eigenvalue weighted by Gasteiger charge is 2.28. The minimum atomic E-state index is -1.24. The third kappa shape index (κ3) is 3.59. The topological polar surface area (TPSA) is 68.2 Å². The lowest BCUT2D eigenvalue weighted by Crippen LogP contribution is -2.46. The molecule has 0 aliphatic heterocycles. The number of carboxylic acid groups (broad SMARTS) is 1. The molecule has 2 aromatic rings. The molecule has 3 N–H and O–H groups in total. The lowest BCUT2D eigenvalue weighted by molar-refractivity contribution is -0.142. The molecule has 102 valence electrons. The van der Waals surface area contributed by atoms with Gasteiger partial charge in [-0.3, -0.25) is 4.79 Å². The van der Waals surface area contributed by atoms with Crippen LogP contribution in [0.15, 0.2) is 48.8 Å². The van der Waals surface area contributed by atoms with Crippen molar-refractivity contribution in [3.63, 3.8) is 0 Å². The van der Waals surface area contributed by atoms with Crippen LogP contribution in [0.5, 0.6) is 0 Å². The third-order valence-electron chi connectivity index (χ3n) is 2.87. The molecule has 0 bridgehead atoms.